The van der Waals surface area contributed by atoms with Crippen LogP contribution >= 0.6 is 0 Å². The lowest BCUT2D eigenvalue weighted by Gasteiger charge is -2.72. The zero-order valence-electron chi connectivity index (χ0n) is 28.0. The summed E-state index contributed by atoms with van der Waals surface area (Å²) in [6, 6.07) is 4.07. The molecule has 0 spiro atoms. The Labute approximate surface area is 271 Å². The molecule has 5 saturated carbocycles. The number of carboxylic acid groups (broad SMARTS) is 1. The summed E-state index contributed by atoms with van der Waals surface area (Å²) in [5.41, 5.74) is -1.15. The van der Waals surface area contributed by atoms with Crippen LogP contribution in [-0.2, 0) is 15.7 Å². The van der Waals surface area contributed by atoms with E-state index in [9.17, 15) is 33.0 Å². The van der Waals surface area contributed by atoms with E-state index in [2.05, 4.69) is 34.3 Å². The minimum Gasteiger partial charge on any atom is -0.481 e. The van der Waals surface area contributed by atoms with Crippen molar-refractivity contribution in [1.29, 1.82) is 0 Å². The maximum absolute atomic E-state index is 13.0. The largest absolute Gasteiger partial charge is 0.481 e. The highest BCUT2D eigenvalue weighted by atomic mass is 19.4. The van der Waals surface area contributed by atoms with Crippen LogP contribution in [0.1, 0.15) is 115 Å². The van der Waals surface area contributed by atoms with Crippen LogP contribution in [0.4, 0.5) is 13.2 Å². The van der Waals surface area contributed by atoms with E-state index in [1.165, 1.54) is 0 Å². The quantitative estimate of drug-likeness (QED) is 0.247. The number of hydrogen-bond donors (Lipinski definition) is 2. The van der Waals surface area contributed by atoms with Crippen molar-refractivity contribution in [2.24, 2.45) is 56.7 Å². The molecule has 0 bridgehead atoms. The Morgan fingerprint density at radius 2 is 1.57 bits per heavy atom. The summed E-state index contributed by atoms with van der Waals surface area (Å²) in [7, 11) is 0. The number of ether oxygens (including phenoxy) is 1. The molecule has 254 valence electrons. The highest BCUT2D eigenvalue weighted by Gasteiger charge is 2.72. The first kappa shape index (κ1) is 33.5. The monoisotopic (exact) mass is 644 g/mol. The number of alkyl halides is 3. The van der Waals surface area contributed by atoms with Crippen LogP contribution in [-0.4, -0.2) is 34.9 Å². The number of carbonyl (C=O) groups is 2. The van der Waals surface area contributed by atoms with Gasteiger partial charge in [0.05, 0.1) is 29.3 Å². The van der Waals surface area contributed by atoms with Crippen LogP contribution in [0.25, 0.3) is 0 Å². The summed E-state index contributed by atoms with van der Waals surface area (Å²) in [4.78, 5) is 26.0. The summed E-state index contributed by atoms with van der Waals surface area (Å²) in [6.45, 7) is 15.7. The van der Waals surface area contributed by atoms with Gasteiger partial charge in [0.15, 0.2) is 0 Å². The maximum atomic E-state index is 13.0. The number of fused-ring (bicyclic) bond motifs is 7. The fourth-order valence-corrected chi connectivity index (χ4v) is 12.6. The first-order valence-corrected chi connectivity index (χ1v) is 17.3. The summed E-state index contributed by atoms with van der Waals surface area (Å²) in [6.07, 6.45) is 3.40. The zero-order chi connectivity index (χ0) is 33.7. The van der Waals surface area contributed by atoms with E-state index in [4.69, 9.17) is 4.74 Å². The summed E-state index contributed by atoms with van der Waals surface area (Å²) >= 11 is 0. The topological polar surface area (TPSA) is 83.8 Å². The molecule has 5 nitrogen and oxygen atoms in total. The lowest BCUT2D eigenvalue weighted by Crippen LogP contribution is -2.67. The SMILES string of the molecule is C=C(C)[C@@H]1CC[C@]2(C(=O)O)CC[C@]3(C)[C@H](CC[C@@H]4[C@@]5(C)CC[C@H](O)[C@@](C)(COC(=O)c6ccc(C(F)(F)F)cc6)[C@@H]5CC[C@]43C)[C@@H]12. The van der Waals surface area contributed by atoms with Crippen molar-refractivity contribution in [3.8, 4) is 0 Å². The molecule has 5 aliphatic carbocycles. The minimum absolute atomic E-state index is 0.00109. The number of esters is 1. The second-order valence-corrected chi connectivity index (χ2v) is 16.9. The predicted octanol–water partition coefficient (Wildman–Crippen LogP) is 8.95. The molecule has 11 atom stereocenters. The predicted molar refractivity (Wildman–Crippen MR) is 169 cm³/mol. The molecule has 8 heteroatoms. The number of rotatable bonds is 5. The molecule has 46 heavy (non-hydrogen) atoms. The molecule has 2 N–H and O–H groups in total. The summed E-state index contributed by atoms with van der Waals surface area (Å²) in [5, 5.41) is 22.1. The first-order chi connectivity index (χ1) is 21.3. The molecule has 0 unspecified atom stereocenters. The van der Waals surface area contributed by atoms with Gasteiger partial charge in [0.25, 0.3) is 0 Å². The van der Waals surface area contributed by atoms with E-state index in [1.807, 2.05) is 6.92 Å². The van der Waals surface area contributed by atoms with Gasteiger partial charge in [0, 0.05) is 5.41 Å². The Kier molecular flexibility index (Phi) is 7.90. The summed E-state index contributed by atoms with van der Waals surface area (Å²) in [5.74, 6) is -0.191. The smallest absolute Gasteiger partial charge is 0.416 e. The molecular formula is C38H51F3O5. The van der Waals surface area contributed by atoms with Crippen LogP contribution in [0, 0.1) is 56.7 Å². The molecule has 1 aromatic rings. The van der Waals surface area contributed by atoms with Crippen molar-refractivity contribution in [2.75, 3.05) is 6.61 Å². The molecule has 5 aliphatic rings. The van der Waals surface area contributed by atoms with Gasteiger partial charge in [0.2, 0.25) is 0 Å². The van der Waals surface area contributed by atoms with Crippen molar-refractivity contribution in [3.05, 3.63) is 47.5 Å². The Bertz CT molecular complexity index is 1410. The van der Waals surface area contributed by atoms with E-state index in [0.29, 0.717) is 24.7 Å². The van der Waals surface area contributed by atoms with Crippen molar-refractivity contribution in [1.82, 2.24) is 0 Å². The average molecular weight is 645 g/mol. The third-order valence-electron chi connectivity index (χ3n) is 15.2. The van der Waals surface area contributed by atoms with Gasteiger partial charge >= 0.3 is 18.1 Å². The van der Waals surface area contributed by atoms with Crippen LogP contribution in [0.3, 0.4) is 0 Å². The molecular weight excluding hydrogens is 593 g/mol. The molecule has 0 aliphatic heterocycles. The molecule has 0 heterocycles. The molecule has 0 saturated heterocycles. The van der Waals surface area contributed by atoms with Crippen LogP contribution in [0.5, 0.6) is 0 Å². The third kappa shape index (κ3) is 4.58. The lowest BCUT2D eigenvalue weighted by atomic mass is 9.32. The minimum atomic E-state index is -4.49. The third-order valence-corrected chi connectivity index (χ3v) is 15.2. The fraction of sp³-hybridized carbons (Fsp3) is 0.737. The van der Waals surface area contributed by atoms with Crippen molar-refractivity contribution in [2.45, 2.75) is 111 Å². The van der Waals surface area contributed by atoms with Crippen LogP contribution in [0.2, 0.25) is 0 Å². The van der Waals surface area contributed by atoms with E-state index >= 15 is 0 Å². The standard InChI is InChI=1S/C38H51F3O5/c1-22(2)25-13-18-37(32(44)45)20-19-35(5)26(30(25)37)11-12-28-33(3)16-15-29(42)34(4,27(33)14-17-36(28,35)6)21-46-31(43)23-7-9-24(10-8-23)38(39,40)41/h7-10,25-30,42H,1,11-21H2,2-6H3,(H,44,45)/t25-,26+,27+,28+,29-,30+,33-,34-,35+,36+,37-/m0/s1. The van der Waals surface area contributed by atoms with Gasteiger partial charge in [-0.15, -0.1) is 0 Å². The van der Waals surface area contributed by atoms with Crippen LogP contribution in [0.15, 0.2) is 36.4 Å². The highest BCUT2D eigenvalue weighted by Crippen LogP contribution is 2.77. The lowest BCUT2D eigenvalue weighted by molar-refractivity contribution is -0.254. The van der Waals surface area contributed by atoms with Gasteiger partial charge in [0.1, 0.15) is 0 Å². The van der Waals surface area contributed by atoms with Gasteiger partial charge in [-0.1, -0.05) is 39.8 Å². The molecule has 0 radical (unpaired) electrons. The first-order valence-electron chi connectivity index (χ1n) is 17.3. The number of aliphatic carboxylic acids is 1. The van der Waals surface area contributed by atoms with E-state index in [0.717, 1.165) is 81.2 Å². The molecule has 0 aromatic heterocycles. The number of hydrogen-bond acceptors (Lipinski definition) is 4. The number of aliphatic hydroxyl groups is 1. The molecule has 0 amide bonds. The average Bonchev–Trinajstić information content (AvgIpc) is 3.40. The van der Waals surface area contributed by atoms with Gasteiger partial charge in [-0.3, -0.25) is 4.79 Å². The van der Waals surface area contributed by atoms with Gasteiger partial charge in [-0.2, -0.15) is 13.2 Å². The number of halogens is 3. The van der Waals surface area contributed by atoms with Crippen molar-refractivity contribution >= 4 is 11.9 Å². The number of aliphatic hydroxyl groups excluding tert-OH is 1. The highest BCUT2D eigenvalue weighted by molar-refractivity contribution is 5.89. The second-order valence-electron chi connectivity index (χ2n) is 16.9. The van der Waals surface area contributed by atoms with Crippen molar-refractivity contribution < 1.29 is 37.7 Å². The Morgan fingerprint density at radius 1 is 0.891 bits per heavy atom. The van der Waals surface area contributed by atoms with Gasteiger partial charge in [-0.25, -0.2) is 4.79 Å². The normalized spacial score (nSPS) is 45.1. The van der Waals surface area contributed by atoms with Gasteiger partial charge < -0.3 is 14.9 Å². The number of benzene rings is 1. The Balaban J connectivity index is 1.26. The number of carbonyl (C=O) groups excluding carboxylic acids is 1. The van der Waals surface area contributed by atoms with Gasteiger partial charge in [-0.05, 0) is 141 Å². The Hall–Kier alpha value is -2.35. The van der Waals surface area contributed by atoms with E-state index in [-0.39, 0.29) is 46.2 Å². The maximum Gasteiger partial charge on any atom is 0.416 e. The van der Waals surface area contributed by atoms with E-state index in [1.54, 1.807) is 0 Å². The van der Waals surface area contributed by atoms with Crippen molar-refractivity contribution in [3.63, 3.8) is 0 Å². The molecule has 5 fully saturated rings. The summed E-state index contributed by atoms with van der Waals surface area (Å²) < 4.78 is 44.9. The zero-order valence-corrected chi connectivity index (χ0v) is 28.0. The van der Waals surface area contributed by atoms with E-state index < -0.39 is 40.6 Å². The second kappa shape index (κ2) is 10.8. The number of allylic oxidation sites excluding steroid dienone is 1. The number of carboxylic acids is 1. The fourth-order valence-electron chi connectivity index (χ4n) is 12.6. The van der Waals surface area contributed by atoms with Crippen LogP contribution < -0.4 is 0 Å². The molecule has 1 aromatic carbocycles. The Morgan fingerprint density at radius 3 is 2.17 bits per heavy atom. The molecule has 6 rings (SSSR count).